The predicted molar refractivity (Wildman–Crippen MR) is 109 cm³/mol. The van der Waals surface area contributed by atoms with E-state index in [0.29, 0.717) is 16.5 Å². The Kier molecular flexibility index (Phi) is 4.88. The normalized spacial score (nSPS) is 16.5. The Bertz CT molecular complexity index is 1150. The van der Waals surface area contributed by atoms with Crippen molar-refractivity contribution in [3.05, 3.63) is 70.1 Å². The third kappa shape index (κ3) is 3.51. The number of fused-ring (bicyclic) bond motifs is 2. The molecule has 7 heteroatoms. The highest BCUT2D eigenvalue weighted by Crippen LogP contribution is 2.32. The number of nitrogens with one attached hydrogen (secondary N) is 1. The first-order valence-corrected chi connectivity index (χ1v) is 9.52. The first kappa shape index (κ1) is 18.9. The van der Waals surface area contributed by atoms with Crippen LogP contribution in [0.2, 0.25) is 0 Å². The van der Waals surface area contributed by atoms with Gasteiger partial charge in [0.05, 0.1) is 17.5 Å². The molecule has 0 radical (unpaired) electrons. The van der Waals surface area contributed by atoms with Gasteiger partial charge < -0.3 is 9.64 Å². The molecule has 2 heterocycles. The van der Waals surface area contributed by atoms with Crippen LogP contribution in [0.15, 0.2) is 53.3 Å². The van der Waals surface area contributed by atoms with Gasteiger partial charge in [-0.2, -0.15) is 5.10 Å². The van der Waals surface area contributed by atoms with E-state index in [1.807, 2.05) is 31.2 Å². The molecule has 2 aromatic carbocycles. The van der Waals surface area contributed by atoms with Crippen molar-refractivity contribution in [2.24, 2.45) is 0 Å². The number of anilines is 1. The van der Waals surface area contributed by atoms with Gasteiger partial charge in [0.1, 0.15) is 0 Å². The number of aromatic amines is 1. The molecule has 1 aliphatic rings. The Morgan fingerprint density at radius 1 is 1.17 bits per heavy atom. The SMILES string of the molecule is CC(OC(=O)Cc1n[nH]c(=O)c2ccccc12)C(=O)N1c2ccccc2CC1C. The summed E-state index contributed by atoms with van der Waals surface area (Å²) in [6, 6.07) is 14.7. The lowest BCUT2D eigenvalue weighted by atomic mass is 10.1. The lowest BCUT2D eigenvalue weighted by Crippen LogP contribution is -2.43. The van der Waals surface area contributed by atoms with Gasteiger partial charge in [-0.25, -0.2) is 5.10 Å². The maximum absolute atomic E-state index is 12.9. The average molecular weight is 391 g/mol. The van der Waals surface area contributed by atoms with E-state index >= 15 is 0 Å². The van der Waals surface area contributed by atoms with Crippen LogP contribution in [-0.2, 0) is 27.2 Å². The lowest BCUT2D eigenvalue weighted by molar-refractivity contribution is -0.153. The molecule has 7 nitrogen and oxygen atoms in total. The quantitative estimate of drug-likeness (QED) is 0.690. The van der Waals surface area contributed by atoms with Crippen molar-refractivity contribution in [1.82, 2.24) is 10.2 Å². The molecule has 1 aromatic heterocycles. The largest absolute Gasteiger partial charge is 0.452 e. The van der Waals surface area contributed by atoms with Crippen molar-refractivity contribution in [1.29, 1.82) is 0 Å². The third-order valence-corrected chi connectivity index (χ3v) is 5.19. The van der Waals surface area contributed by atoms with E-state index in [1.165, 1.54) is 0 Å². The summed E-state index contributed by atoms with van der Waals surface area (Å²) in [4.78, 5) is 39.0. The topological polar surface area (TPSA) is 92.4 Å². The number of hydrogen-bond donors (Lipinski definition) is 1. The number of ether oxygens (including phenoxy) is 1. The summed E-state index contributed by atoms with van der Waals surface area (Å²) >= 11 is 0. The summed E-state index contributed by atoms with van der Waals surface area (Å²) in [6.07, 6.45) is -0.290. The average Bonchev–Trinajstić information content (AvgIpc) is 3.05. The van der Waals surface area contributed by atoms with Gasteiger partial charge in [-0.1, -0.05) is 36.4 Å². The minimum Gasteiger partial charge on any atom is -0.452 e. The van der Waals surface area contributed by atoms with E-state index in [9.17, 15) is 14.4 Å². The molecule has 0 fully saturated rings. The van der Waals surface area contributed by atoms with E-state index in [-0.39, 0.29) is 23.9 Å². The second-order valence-electron chi connectivity index (χ2n) is 7.24. The van der Waals surface area contributed by atoms with E-state index in [1.54, 1.807) is 36.1 Å². The number of benzene rings is 2. The van der Waals surface area contributed by atoms with Crippen LogP contribution in [0.1, 0.15) is 25.1 Å². The number of carbonyl (C=O) groups excluding carboxylic acids is 2. The highest BCUT2D eigenvalue weighted by Gasteiger charge is 2.34. The highest BCUT2D eigenvalue weighted by atomic mass is 16.5. The number of nitrogens with zero attached hydrogens (tertiary/aromatic N) is 2. The molecule has 0 aliphatic carbocycles. The van der Waals surface area contributed by atoms with Crippen LogP contribution in [0.4, 0.5) is 5.69 Å². The van der Waals surface area contributed by atoms with Gasteiger partial charge in [0.25, 0.3) is 11.5 Å². The number of rotatable bonds is 4. The van der Waals surface area contributed by atoms with Crippen molar-refractivity contribution in [3.8, 4) is 0 Å². The molecule has 4 rings (SSSR count). The highest BCUT2D eigenvalue weighted by molar-refractivity contribution is 6.00. The summed E-state index contributed by atoms with van der Waals surface area (Å²) in [5, 5.41) is 7.43. The zero-order valence-corrected chi connectivity index (χ0v) is 16.2. The third-order valence-electron chi connectivity index (χ3n) is 5.19. The molecule has 1 N–H and O–H groups in total. The van der Waals surface area contributed by atoms with Gasteiger partial charge in [0.2, 0.25) is 0 Å². The summed E-state index contributed by atoms with van der Waals surface area (Å²) in [5.41, 5.74) is 2.06. The second kappa shape index (κ2) is 7.50. The van der Waals surface area contributed by atoms with Crippen molar-refractivity contribution >= 4 is 28.3 Å². The Labute approximate surface area is 167 Å². The molecule has 2 atom stereocenters. The van der Waals surface area contributed by atoms with Crippen molar-refractivity contribution in [2.75, 3.05) is 4.90 Å². The van der Waals surface area contributed by atoms with Crippen LogP contribution in [0.3, 0.4) is 0 Å². The van der Waals surface area contributed by atoms with Crippen LogP contribution < -0.4 is 10.5 Å². The first-order valence-electron chi connectivity index (χ1n) is 9.52. The second-order valence-corrected chi connectivity index (χ2v) is 7.24. The minimum absolute atomic E-state index is 0.00543. The molecule has 2 unspecified atom stereocenters. The van der Waals surface area contributed by atoms with Gasteiger partial charge in [-0.3, -0.25) is 14.4 Å². The molecule has 0 saturated carbocycles. The van der Waals surface area contributed by atoms with Crippen molar-refractivity contribution < 1.29 is 14.3 Å². The van der Waals surface area contributed by atoms with Crippen LogP contribution in [0.25, 0.3) is 10.8 Å². The van der Waals surface area contributed by atoms with Crippen LogP contribution in [0, 0.1) is 0 Å². The Morgan fingerprint density at radius 3 is 2.66 bits per heavy atom. The summed E-state index contributed by atoms with van der Waals surface area (Å²) in [5.74, 6) is -0.828. The summed E-state index contributed by atoms with van der Waals surface area (Å²) in [7, 11) is 0. The Morgan fingerprint density at radius 2 is 1.86 bits per heavy atom. The van der Waals surface area contributed by atoms with Crippen LogP contribution >= 0.6 is 0 Å². The molecule has 148 valence electrons. The Balaban J connectivity index is 1.49. The fourth-order valence-electron chi connectivity index (χ4n) is 3.83. The zero-order valence-electron chi connectivity index (χ0n) is 16.2. The molecule has 0 saturated heterocycles. The maximum Gasteiger partial charge on any atom is 0.312 e. The van der Waals surface area contributed by atoms with Gasteiger partial charge in [-0.15, -0.1) is 0 Å². The minimum atomic E-state index is -0.926. The monoisotopic (exact) mass is 391 g/mol. The van der Waals surface area contributed by atoms with Crippen molar-refractivity contribution in [3.63, 3.8) is 0 Å². The smallest absolute Gasteiger partial charge is 0.312 e. The fourth-order valence-corrected chi connectivity index (χ4v) is 3.83. The maximum atomic E-state index is 12.9. The predicted octanol–water partition coefficient (Wildman–Crippen LogP) is 2.38. The first-order chi connectivity index (χ1) is 14.0. The van der Waals surface area contributed by atoms with Crippen molar-refractivity contribution in [2.45, 2.75) is 38.8 Å². The van der Waals surface area contributed by atoms with E-state index < -0.39 is 12.1 Å². The molecule has 1 aliphatic heterocycles. The summed E-state index contributed by atoms with van der Waals surface area (Å²) in [6.45, 7) is 3.55. The molecule has 29 heavy (non-hydrogen) atoms. The van der Waals surface area contributed by atoms with Gasteiger partial charge in [0, 0.05) is 17.1 Å². The molecular weight excluding hydrogens is 370 g/mol. The van der Waals surface area contributed by atoms with Gasteiger partial charge in [-0.05, 0) is 38.0 Å². The van der Waals surface area contributed by atoms with Gasteiger partial charge >= 0.3 is 5.97 Å². The number of amides is 1. The van der Waals surface area contributed by atoms with Crippen LogP contribution in [0.5, 0.6) is 0 Å². The van der Waals surface area contributed by atoms with Gasteiger partial charge in [0.15, 0.2) is 6.10 Å². The molecule has 0 spiro atoms. The number of esters is 1. The Hall–Kier alpha value is -3.48. The zero-order chi connectivity index (χ0) is 20.5. The number of H-pyrrole nitrogens is 1. The number of aromatic nitrogens is 2. The number of para-hydroxylation sites is 1. The number of carbonyl (C=O) groups is 2. The summed E-state index contributed by atoms with van der Waals surface area (Å²) < 4.78 is 5.41. The number of hydrogen-bond acceptors (Lipinski definition) is 5. The van der Waals surface area contributed by atoms with E-state index in [2.05, 4.69) is 10.2 Å². The van der Waals surface area contributed by atoms with Crippen LogP contribution in [-0.4, -0.2) is 34.2 Å². The molecule has 3 aromatic rings. The standard InChI is InChI=1S/C22H21N3O4/c1-13-11-15-7-3-6-10-19(15)25(13)22(28)14(2)29-20(26)12-18-16-8-4-5-9-17(16)21(27)24-23-18/h3-10,13-14H,11-12H2,1-2H3,(H,24,27). The van der Waals surface area contributed by atoms with E-state index in [4.69, 9.17) is 4.74 Å². The lowest BCUT2D eigenvalue weighted by Gasteiger charge is -2.25. The fraction of sp³-hybridized carbons (Fsp3) is 0.273. The molecule has 0 bridgehead atoms. The molecule has 1 amide bonds. The van der Waals surface area contributed by atoms with E-state index in [0.717, 1.165) is 17.7 Å². The molecular formula is C22H21N3O4.